The van der Waals surface area contributed by atoms with Gasteiger partial charge in [-0.3, -0.25) is 9.59 Å². The van der Waals surface area contributed by atoms with Gasteiger partial charge in [-0.05, 0) is 61.5 Å². The summed E-state index contributed by atoms with van der Waals surface area (Å²) in [7, 11) is 0. The number of hydrogen-bond donors (Lipinski definition) is 2. The number of ketones is 1. The summed E-state index contributed by atoms with van der Waals surface area (Å²) in [5.74, 6) is -1.55. The molecule has 0 spiro atoms. The van der Waals surface area contributed by atoms with Gasteiger partial charge >= 0.3 is 5.97 Å². The van der Waals surface area contributed by atoms with Gasteiger partial charge in [0.2, 0.25) is 0 Å². The second-order valence-corrected chi connectivity index (χ2v) is 8.45. The molecule has 3 aromatic carbocycles. The van der Waals surface area contributed by atoms with Crippen LogP contribution in [0.1, 0.15) is 38.0 Å². The van der Waals surface area contributed by atoms with Crippen molar-refractivity contribution in [3.63, 3.8) is 0 Å². The van der Waals surface area contributed by atoms with E-state index in [9.17, 15) is 19.5 Å². The van der Waals surface area contributed by atoms with Crippen LogP contribution in [0.5, 0.6) is 0 Å². The first-order chi connectivity index (χ1) is 16.3. The Morgan fingerprint density at radius 2 is 1.41 bits per heavy atom. The van der Waals surface area contributed by atoms with E-state index in [1.54, 1.807) is 43.3 Å². The lowest BCUT2D eigenvalue weighted by atomic mass is 10.1. The maximum Gasteiger partial charge on any atom is 0.337 e. The number of anilines is 3. The number of carboxylic acids is 1. The number of rotatable bonds is 6. The summed E-state index contributed by atoms with van der Waals surface area (Å²) >= 11 is 6.09. The molecule has 7 nitrogen and oxygen atoms in total. The Balaban J connectivity index is 1.46. The molecule has 8 heteroatoms. The minimum absolute atomic E-state index is 0.0140. The molecule has 0 radical (unpaired) electrons. The van der Waals surface area contributed by atoms with Crippen LogP contribution >= 0.6 is 11.6 Å². The summed E-state index contributed by atoms with van der Waals surface area (Å²) in [6.07, 6.45) is 0. The number of nitrogens with zero attached hydrogens (tertiary/aromatic N) is 2. The highest BCUT2D eigenvalue weighted by Crippen LogP contribution is 2.27. The lowest BCUT2D eigenvalue weighted by Crippen LogP contribution is -2.46. The monoisotopic (exact) mass is 477 g/mol. The average molecular weight is 478 g/mol. The van der Waals surface area contributed by atoms with Crippen molar-refractivity contribution in [2.75, 3.05) is 41.3 Å². The van der Waals surface area contributed by atoms with Gasteiger partial charge in [0.1, 0.15) is 0 Å². The van der Waals surface area contributed by atoms with E-state index in [2.05, 4.69) is 15.1 Å². The van der Waals surface area contributed by atoms with Crippen molar-refractivity contribution >= 4 is 46.3 Å². The first-order valence-electron chi connectivity index (χ1n) is 10.9. The number of amides is 1. The summed E-state index contributed by atoms with van der Waals surface area (Å²) in [6.45, 7) is 4.48. The van der Waals surface area contributed by atoms with Gasteiger partial charge in [-0.25, -0.2) is 4.79 Å². The van der Waals surface area contributed by atoms with Crippen molar-refractivity contribution in [2.24, 2.45) is 0 Å². The average Bonchev–Trinajstić information content (AvgIpc) is 2.84. The second-order valence-electron chi connectivity index (χ2n) is 8.05. The zero-order valence-corrected chi connectivity index (χ0v) is 19.4. The van der Waals surface area contributed by atoms with Gasteiger partial charge in [-0.15, -0.1) is 0 Å². The molecule has 1 aliphatic rings. The molecule has 1 saturated heterocycles. The first-order valence-corrected chi connectivity index (χ1v) is 11.3. The summed E-state index contributed by atoms with van der Waals surface area (Å²) in [4.78, 5) is 40.4. The van der Waals surface area contributed by atoms with Crippen molar-refractivity contribution in [1.29, 1.82) is 0 Å². The minimum atomic E-state index is -1.12. The van der Waals surface area contributed by atoms with E-state index in [1.807, 2.05) is 30.3 Å². The topological polar surface area (TPSA) is 90.0 Å². The standard InChI is InChI=1S/C26H24ClN3O4/c1-17(31)18-6-8-19(9-7-18)29-12-14-30(15-13-29)20-10-11-24(22(16-20)26(33)34)28-25(32)21-4-2-3-5-23(21)27/h2-11,16H,12-15H2,1H3,(H,28,32)(H,33,34). The molecule has 1 amide bonds. The van der Waals surface area contributed by atoms with Crippen LogP contribution in [0.25, 0.3) is 0 Å². The third kappa shape index (κ3) is 5.05. The summed E-state index contributed by atoms with van der Waals surface area (Å²) < 4.78 is 0. The Hall–Kier alpha value is -3.84. The molecule has 34 heavy (non-hydrogen) atoms. The zero-order valence-electron chi connectivity index (χ0n) is 18.6. The van der Waals surface area contributed by atoms with E-state index < -0.39 is 11.9 Å². The van der Waals surface area contributed by atoms with Gasteiger partial charge in [0.05, 0.1) is 21.8 Å². The van der Waals surface area contributed by atoms with Crippen molar-refractivity contribution in [3.05, 3.63) is 88.4 Å². The largest absolute Gasteiger partial charge is 0.478 e. The quantitative estimate of drug-likeness (QED) is 0.495. The van der Waals surface area contributed by atoms with Gasteiger partial charge in [-0.2, -0.15) is 0 Å². The van der Waals surface area contributed by atoms with Crippen LogP contribution in [0.2, 0.25) is 5.02 Å². The molecule has 174 valence electrons. The summed E-state index contributed by atoms with van der Waals surface area (Å²) in [6, 6.07) is 19.2. The van der Waals surface area contributed by atoms with Crippen LogP contribution < -0.4 is 15.1 Å². The van der Waals surface area contributed by atoms with Crippen LogP contribution in [-0.2, 0) is 0 Å². The maximum atomic E-state index is 12.6. The van der Waals surface area contributed by atoms with E-state index in [0.29, 0.717) is 23.7 Å². The van der Waals surface area contributed by atoms with E-state index >= 15 is 0 Å². The number of benzene rings is 3. The third-order valence-electron chi connectivity index (χ3n) is 5.88. The molecule has 3 aromatic rings. The highest BCUT2D eigenvalue weighted by Gasteiger charge is 2.21. The van der Waals surface area contributed by atoms with E-state index in [1.165, 1.54) is 0 Å². The second kappa shape index (κ2) is 9.97. The third-order valence-corrected chi connectivity index (χ3v) is 6.21. The van der Waals surface area contributed by atoms with Crippen LogP contribution in [0.4, 0.5) is 17.1 Å². The van der Waals surface area contributed by atoms with Gasteiger partial charge in [0.25, 0.3) is 5.91 Å². The number of halogens is 1. The number of nitrogens with one attached hydrogen (secondary N) is 1. The molecule has 0 atom stereocenters. The highest BCUT2D eigenvalue weighted by atomic mass is 35.5. The number of carbonyl (C=O) groups excluding carboxylic acids is 2. The lowest BCUT2D eigenvalue weighted by Gasteiger charge is -2.37. The van der Waals surface area contributed by atoms with Crippen molar-refractivity contribution in [3.8, 4) is 0 Å². The van der Waals surface area contributed by atoms with Crippen LogP contribution in [-0.4, -0.2) is 48.9 Å². The fourth-order valence-electron chi connectivity index (χ4n) is 3.98. The number of Topliss-reactive ketones (excluding diaryl/α,β-unsaturated/α-hetero) is 1. The maximum absolute atomic E-state index is 12.6. The smallest absolute Gasteiger partial charge is 0.337 e. The number of carbonyl (C=O) groups is 3. The predicted molar refractivity (Wildman–Crippen MR) is 134 cm³/mol. The minimum Gasteiger partial charge on any atom is -0.478 e. The van der Waals surface area contributed by atoms with E-state index in [4.69, 9.17) is 11.6 Å². The van der Waals surface area contributed by atoms with Gasteiger partial charge in [0.15, 0.2) is 5.78 Å². The molecule has 0 bridgehead atoms. The van der Waals surface area contributed by atoms with Crippen LogP contribution in [0.3, 0.4) is 0 Å². The number of piperazine rings is 1. The molecule has 0 aliphatic carbocycles. The molecule has 0 unspecified atom stereocenters. The molecule has 4 rings (SSSR count). The molecular formula is C26H24ClN3O4. The Morgan fingerprint density at radius 1 is 0.824 bits per heavy atom. The zero-order chi connectivity index (χ0) is 24.2. The molecule has 1 aliphatic heterocycles. The SMILES string of the molecule is CC(=O)c1ccc(N2CCN(c3ccc(NC(=O)c4ccccc4Cl)c(C(=O)O)c3)CC2)cc1. The van der Waals surface area contributed by atoms with Gasteiger partial charge in [-0.1, -0.05) is 23.7 Å². The van der Waals surface area contributed by atoms with E-state index in [-0.39, 0.29) is 22.6 Å². The highest BCUT2D eigenvalue weighted by molar-refractivity contribution is 6.34. The first kappa shape index (κ1) is 23.3. The Kier molecular flexibility index (Phi) is 6.84. The molecule has 0 saturated carbocycles. The normalized spacial score (nSPS) is 13.5. The predicted octanol–water partition coefficient (Wildman–Crippen LogP) is 4.82. The van der Waals surface area contributed by atoms with Crippen molar-refractivity contribution < 1.29 is 19.5 Å². The summed E-state index contributed by atoms with van der Waals surface area (Å²) in [5, 5.41) is 12.7. The van der Waals surface area contributed by atoms with Gasteiger partial charge in [0, 0.05) is 43.1 Å². The van der Waals surface area contributed by atoms with Crippen molar-refractivity contribution in [2.45, 2.75) is 6.92 Å². The summed E-state index contributed by atoms with van der Waals surface area (Å²) in [5.41, 5.74) is 3.01. The Morgan fingerprint density at radius 3 is 2.00 bits per heavy atom. The fourth-order valence-corrected chi connectivity index (χ4v) is 4.20. The molecule has 1 fully saturated rings. The van der Waals surface area contributed by atoms with Crippen LogP contribution in [0, 0.1) is 0 Å². The molecule has 2 N–H and O–H groups in total. The Bertz CT molecular complexity index is 1240. The number of carboxylic acid groups (broad SMARTS) is 1. The fraction of sp³-hybridized carbons (Fsp3) is 0.192. The molecular weight excluding hydrogens is 454 g/mol. The lowest BCUT2D eigenvalue weighted by molar-refractivity contribution is 0.0697. The molecule has 1 heterocycles. The van der Waals surface area contributed by atoms with E-state index in [0.717, 1.165) is 24.5 Å². The van der Waals surface area contributed by atoms with Gasteiger partial charge < -0.3 is 20.2 Å². The number of hydrogen-bond acceptors (Lipinski definition) is 5. The number of aromatic carboxylic acids is 1. The van der Waals surface area contributed by atoms with Crippen molar-refractivity contribution in [1.82, 2.24) is 0 Å². The Labute approximate surface area is 202 Å². The molecule has 0 aromatic heterocycles. The van der Waals surface area contributed by atoms with Crippen LogP contribution in [0.15, 0.2) is 66.7 Å².